The lowest BCUT2D eigenvalue weighted by Crippen LogP contribution is -2.11. The van der Waals surface area contributed by atoms with Crippen LogP contribution in [0.5, 0.6) is 0 Å². The van der Waals surface area contributed by atoms with Crippen molar-refractivity contribution in [2.45, 2.75) is 0 Å². The minimum atomic E-state index is 1.13. The van der Waals surface area contributed by atoms with Crippen molar-refractivity contribution in [1.82, 2.24) is 9.80 Å². The molecule has 0 bridgehead atoms. The van der Waals surface area contributed by atoms with Gasteiger partial charge in [0, 0.05) is 40.0 Å². The topological polar surface area (TPSA) is 6.48 Å². The van der Waals surface area contributed by atoms with Crippen LogP contribution in [0.1, 0.15) is 0 Å². The summed E-state index contributed by atoms with van der Waals surface area (Å²) in [4.78, 5) is 4.12. The third-order valence-electron chi connectivity index (χ3n) is 1.65. The first-order chi connectivity index (χ1) is 5.11. The SMILES string of the molecule is CN(C)C1=C=CC(N(C)C)=C1. The van der Waals surface area contributed by atoms with Gasteiger partial charge in [0.2, 0.25) is 0 Å². The van der Waals surface area contributed by atoms with E-state index in [0.717, 1.165) is 5.70 Å². The quantitative estimate of drug-likeness (QED) is 0.543. The summed E-state index contributed by atoms with van der Waals surface area (Å²) in [6, 6.07) is 0. The van der Waals surface area contributed by atoms with E-state index in [1.807, 2.05) is 39.2 Å². The van der Waals surface area contributed by atoms with E-state index in [-0.39, 0.29) is 0 Å². The first-order valence-corrected chi connectivity index (χ1v) is 3.64. The van der Waals surface area contributed by atoms with Gasteiger partial charge >= 0.3 is 0 Å². The van der Waals surface area contributed by atoms with Crippen molar-refractivity contribution in [3.63, 3.8) is 0 Å². The molecule has 0 unspecified atom stereocenters. The molecule has 1 aliphatic carbocycles. The second-order valence-corrected chi connectivity index (χ2v) is 3.03. The zero-order valence-corrected chi connectivity index (χ0v) is 7.55. The van der Waals surface area contributed by atoms with Gasteiger partial charge < -0.3 is 9.80 Å². The normalized spacial score (nSPS) is 14.5. The lowest BCUT2D eigenvalue weighted by atomic mass is 10.4. The zero-order valence-electron chi connectivity index (χ0n) is 7.55. The van der Waals surface area contributed by atoms with Crippen molar-refractivity contribution in [3.8, 4) is 0 Å². The van der Waals surface area contributed by atoms with Crippen molar-refractivity contribution < 1.29 is 0 Å². The first-order valence-electron chi connectivity index (χ1n) is 3.64. The molecule has 1 aliphatic rings. The monoisotopic (exact) mass is 150 g/mol. The molecule has 0 N–H and O–H groups in total. The highest BCUT2D eigenvalue weighted by Crippen LogP contribution is 2.12. The fourth-order valence-corrected chi connectivity index (χ4v) is 0.888. The predicted octanol–water partition coefficient (Wildman–Crippen LogP) is 1.05. The molecular formula is C9H14N2. The number of rotatable bonds is 2. The highest BCUT2D eigenvalue weighted by molar-refractivity contribution is 5.34. The smallest absolute Gasteiger partial charge is 0.0816 e. The fraction of sp³-hybridized carbons (Fsp3) is 0.444. The summed E-state index contributed by atoms with van der Waals surface area (Å²) in [5.74, 6) is 0. The van der Waals surface area contributed by atoms with Crippen molar-refractivity contribution in [1.29, 1.82) is 0 Å². The molecule has 1 rings (SSSR count). The number of hydrogen-bond acceptors (Lipinski definition) is 2. The highest BCUT2D eigenvalue weighted by atomic mass is 15.1. The Bertz CT molecular complexity index is 240. The Hall–Kier alpha value is -1.14. The van der Waals surface area contributed by atoms with E-state index < -0.39 is 0 Å². The van der Waals surface area contributed by atoms with Crippen LogP contribution in [0.4, 0.5) is 0 Å². The standard InChI is InChI=1S/C9H14N2/c1-10(2)8-5-6-9(7-8)11(3)4/h5,7H,1-4H3. The molecule has 0 aromatic carbocycles. The molecule has 0 spiro atoms. The molecule has 0 radical (unpaired) electrons. The molecule has 2 heteroatoms. The number of nitrogens with zero attached hydrogens (tertiary/aromatic N) is 2. The van der Waals surface area contributed by atoms with Crippen LogP contribution in [-0.2, 0) is 0 Å². The average Bonchev–Trinajstić information content (AvgIpc) is 2.33. The maximum atomic E-state index is 3.17. The Labute approximate surface area is 68.1 Å². The molecule has 0 aromatic heterocycles. The zero-order chi connectivity index (χ0) is 8.43. The van der Waals surface area contributed by atoms with E-state index in [4.69, 9.17) is 0 Å². The lowest BCUT2D eigenvalue weighted by molar-refractivity contribution is 0.514. The molecular weight excluding hydrogens is 136 g/mol. The molecule has 0 aliphatic heterocycles. The average molecular weight is 150 g/mol. The molecule has 60 valence electrons. The Morgan fingerprint density at radius 3 is 2.00 bits per heavy atom. The van der Waals surface area contributed by atoms with Gasteiger partial charge in [-0.25, -0.2) is 0 Å². The third-order valence-corrected chi connectivity index (χ3v) is 1.65. The minimum Gasteiger partial charge on any atom is -0.377 e. The van der Waals surface area contributed by atoms with Gasteiger partial charge in [-0.2, -0.15) is 0 Å². The molecule has 11 heavy (non-hydrogen) atoms. The number of allylic oxidation sites excluding steroid dienone is 1. The van der Waals surface area contributed by atoms with Crippen LogP contribution in [-0.4, -0.2) is 38.0 Å². The Kier molecular flexibility index (Phi) is 2.06. The largest absolute Gasteiger partial charge is 0.377 e. The van der Waals surface area contributed by atoms with Crippen LogP contribution in [0.2, 0.25) is 0 Å². The van der Waals surface area contributed by atoms with Gasteiger partial charge in [0.1, 0.15) is 0 Å². The van der Waals surface area contributed by atoms with E-state index in [0.29, 0.717) is 0 Å². The summed E-state index contributed by atoms with van der Waals surface area (Å²) in [5, 5.41) is 0. The maximum Gasteiger partial charge on any atom is 0.0816 e. The summed E-state index contributed by atoms with van der Waals surface area (Å²) in [7, 11) is 8.10. The summed E-state index contributed by atoms with van der Waals surface area (Å²) in [6.45, 7) is 0. The number of hydrogen-bond donors (Lipinski definition) is 0. The molecule has 0 amide bonds. The molecule has 0 saturated heterocycles. The van der Waals surface area contributed by atoms with Crippen molar-refractivity contribution in [3.05, 3.63) is 29.3 Å². The van der Waals surface area contributed by atoms with Crippen molar-refractivity contribution in [2.24, 2.45) is 0 Å². The molecule has 0 saturated carbocycles. The molecule has 0 aromatic rings. The van der Waals surface area contributed by atoms with Gasteiger partial charge in [0.15, 0.2) is 0 Å². The van der Waals surface area contributed by atoms with Crippen LogP contribution >= 0.6 is 0 Å². The first kappa shape index (κ1) is 7.96. The summed E-state index contributed by atoms with van der Waals surface area (Å²) < 4.78 is 0. The second kappa shape index (κ2) is 2.85. The maximum absolute atomic E-state index is 3.17. The van der Waals surface area contributed by atoms with E-state index in [9.17, 15) is 0 Å². The second-order valence-electron chi connectivity index (χ2n) is 3.03. The molecule has 0 fully saturated rings. The van der Waals surface area contributed by atoms with Crippen LogP contribution in [0.15, 0.2) is 29.3 Å². The van der Waals surface area contributed by atoms with E-state index in [1.54, 1.807) is 0 Å². The van der Waals surface area contributed by atoms with Crippen molar-refractivity contribution in [2.75, 3.05) is 28.2 Å². The van der Waals surface area contributed by atoms with Gasteiger partial charge in [0.25, 0.3) is 0 Å². The molecule has 2 nitrogen and oxygen atoms in total. The van der Waals surface area contributed by atoms with E-state index in [2.05, 4.69) is 16.7 Å². The Morgan fingerprint density at radius 2 is 1.73 bits per heavy atom. The van der Waals surface area contributed by atoms with Gasteiger partial charge in [-0.1, -0.05) is 5.73 Å². The summed E-state index contributed by atoms with van der Waals surface area (Å²) >= 11 is 0. The Morgan fingerprint density at radius 1 is 1.09 bits per heavy atom. The van der Waals surface area contributed by atoms with Crippen LogP contribution < -0.4 is 0 Å². The van der Waals surface area contributed by atoms with Gasteiger partial charge in [-0.05, 0) is 6.08 Å². The summed E-state index contributed by atoms with van der Waals surface area (Å²) in [5.41, 5.74) is 5.51. The summed E-state index contributed by atoms with van der Waals surface area (Å²) in [6.07, 6.45) is 4.11. The molecule has 0 atom stereocenters. The lowest BCUT2D eigenvalue weighted by Gasteiger charge is -2.13. The third kappa shape index (κ3) is 1.66. The van der Waals surface area contributed by atoms with Crippen molar-refractivity contribution >= 4 is 0 Å². The highest BCUT2D eigenvalue weighted by Gasteiger charge is 2.04. The minimum absolute atomic E-state index is 1.13. The van der Waals surface area contributed by atoms with E-state index >= 15 is 0 Å². The fourth-order valence-electron chi connectivity index (χ4n) is 0.888. The number of likely N-dealkylation sites (N-methyl/N-ethyl adjacent to an activating group) is 2. The van der Waals surface area contributed by atoms with Crippen LogP contribution in [0.3, 0.4) is 0 Å². The van der Waals surface area contributed by atoms with Gasteiger partial charge in [0.05, 0.1) is 5.70 Å². The Balaban J connectivity index is 2.74. The van der Waals surface area contributed by atoms with Crippen LogP contribution in [0.25, 0.3) is 0 Å². The van der Waals surface area contributed by atoms with Crippen LogP contribution in [0, 0.1) is 0 Å². The van der Waals surface area contributed by atoms with Gasteiger partial charge in [-0.15, -0.1) is 0 Å². The van der Waals surface area contributed by atoms with Gasteiger partial charge in [-0.3, -0.25) is 0 Å². The van der Waals surface area contributed by atoms with E-state index in [1.165, 1.54) is 5.70 Å². The molecule has 0 heterocycles. The predicted molar refractivity (Wildman–Crippen MR) is 47.1 cm³/mol.